The molecule has 1 atom stereocenters. The van der Waals surface area contributed by atoms with Gasteiger partial charge in [0, 0.05) is 0 Å². The average Bonchev–Trinajstić information content (AvgIpc) is 1.85. The van der Waals surface area contributed by atoms with Crippen molar-refractivity contribution >= 4 is 11.9 Å². The summed E-state index contributed by atoms with van der Waals surface area (Å²) in [6.07, 6.45) is -0.425. The first-order valence-electron chi connectivity index (χ1n) is 3.58. The fraction of sp³-hybridized carbons (Fsp3) is 0.714. The van der Waals surface area contributed by atoms with Crippen LogP contribution >= 0.6 is 0 Å². The van der Waals surface area contributed by atoms with Gasteiger partial charge in [0.1, 0.15) is 5.54 Å². The van der Waals surface area contributed by atoms with Crippen molar-refractivity contribution in [3.05, 3.63) is 0 Å². The zero-order chi connectivity index (χ0) is 9.78. The van der Waals surface area contributed by atoms with E-state index in [1.807, 2.05) is 0 Å². The molecule has 0 rings (SSSR count). The molecule has 0 aromatic carbocycles. The Balaban J connectivity index is 4.18. The molecule has 12 heavy (non-hydrogen) atoms. The van der Waals surface area contributed by atoms with Crippen molar-refractivity contribution in [1.29, 1.82) is 0 Å². The lowest BCUT2D eigenvalue weighted by atomic mass is 10.00. The number of hydrogen-bond donors (Lipinski definition) is 2. The second-order valence-corrected chi connectivity index (χ2v) is 2.71. The molecule has 0 amide bonds. The molecule has 3 N–H and O–H groups in total. The maximum Gasteiger partial charge on any atom is 0.326 e. The molecule has 0 spiro atoms. The molecule has 70 valence electrons. The SMILES string of the molecule is CCOC(=O)C(C)(N)CC(=O)O. The van der Waals surface area contributed by atoms with E-state index < -0.39 is 23.9 Å². The summed E-state index contributed by atoms with van der Waals surface area (Å²) in [5, 5.41) is 8.38. The molecular weight excluding hydrogens is 162 g/mol. The van der Waals surface area contributed by atoms with Crippen LogP contribution in [0.4, 0.5) is 0 Å². The zero-order valence-corrected chi connectivity index (χ0v) is 7.16. The first-order valence-corrected chi connectivity index (χ1v) is 3.58. The Morgan fingerprint density at radius 2 is 2.08 bits per heavy atom. The van der Waals surface area contributed by atoms with Gasteiger partial charge in [-0.15, -0.1) is 0 Å². The highest BCUT2D eigenvalue weighted by atomic mass is 16.5. The van der Waals surface area contributed by atoms with Gasteiger partial charge in [-0.2, -0.15) is 0 Å². The first kappa shape index (κ1) is 10.9. The normalized spacial score (nSPS) is 14.9. The van der Waals surface area contributed by atoms with Crippen molar-refractivity contribution < 1.29 is 19.4 Å². The van der Waals surface area contributed by atoms with E-state index >= 15 is 0 Å². The maximum absolute atomic E-state index is 11.0. The lowest BCUT2D eigenvalue weighted by Gasteiger charge is -2.19. The zero-order valence-electron chi connectivity index (χ0n) is 7.16. The van der Waals surface area contributed by atoms with E-state index in [0.29, 0.717) is 0 Å². The molecule has 0 aromatic heterocycles. The lowest BCUT2D eigenvalue weighted by molar-refractivity contribution is -0.153. The summed E-state index contributed by atoms with van der Waals surface area (Å²) < 4.78 is 4.58. The molecule has 0 bridgehead atoms. The first-order chi connectivity index (χ1) is 5.40. The van der Waals surface area contributed by atoms with Crippen LogP contribution in [-0.2, 0) is 14.3 Å². The number of esters is 1. The van der Waals surface area contributed by atoms with E-state index in [1.54, 1.807) is 6.92 Å². The molecule has 5 nitrogen and oxygen atoms in total. The van der Waals surface area contributed by atoms with Crippen LogP contribution in [0.25, 0.3) is 0 Å². The Morgan fingerprint density at radius 3 is 2.42 bits per heavy atom. The predicted octanol–water partition coefficient (Wildman–Crippen LogP) is -0.258. The number of carbonyl (C=O) groups excluding carboxylic acids is 1. The molecule has 5 heteroatoms. The van der Waals surface area contributed by atoms with E-state index in [-0.39, 0.29) is 6.61 Å². The third-order valence-electron chi connectivity index (χ3n) is 1.26. The monoisotopic (exact) mass is 175 g/mol. The van der Waals surface area contributed by atoms with Crippen LogP contribution in [0, 0.1) is 0 Å². The molecule has 0 aromatic rings. The molecule has 0 aliphatic rings. The van der Waals surface area contributed by atoms with Gasteiger partial charge in [0.25, 0.3) is 0 Å². The van der Waals surface area contributed by atoms with Gasteiger partial charge in [-0.05, 0) is 13.8 Å². The summed E-state index contributed by atoms with van der Waals surface area (Å²) in [4.78, 5) is 21.2. The van der Waals surface area contributed by atoms with Crippen LogP contribution in [0.2, 0.25) is 0 Å². The standard InChI is InChI=1S/C7H13NO4/c1-3-12-6(11)7(2,8)4-5(9)10/h3-4,8H2,1-2H3,(H,9,10). The minimum absolute atomic E-state index is 0.200. The Bertz CT molecular complexity index is 188. The third-order valence-corrected chi connectivity index (χ3v) is 1.26. The van der Waals surface area contributed by atoms with Crippen LogP contribution in [0.5, 0.6) is 0 Å². The highest BCUT2D eigenvalue weighted by molar-refractivity contribution is 5.85. The smallest absolute Gasteiger partial charge is 0.326 e. The van der Waals surface area contributed by atoms with Gasteiger partial charge in [-0.1, -0.05) is 0 Å². The lowest BCUT2D eigenvalue weighted by Crippen LogP contribution is -2.47. The highest BCUT2D eigenvalue weighted by Gasteiger charge is 2.32. The van der Waals surface area contributed by atoms with Crippen LogP contribution in [0.3, 0.4) is 0 Å². The minimum atomic E-state index is -1.43. The molecule has 0 saturated carbocycles. The van der Waals surface area contributed by atoms with Crippen molar-refractivity contribution in [2.75, 3.05) is 6.61 Å². The van der Waals surface area contributed by atoms with Crippen LogP contribution in [0.15, 0.2) is 0 Å². The number of aliphatic carboxylic acids is 1. The molecule has 0 radical (unpaired) electrons. The van der Waals surface area contributed by atoms with Crippen molar-refractivity contribution in [2.24, 2.45) is 5.73 Å². The van der Waals surface area contributed by atoms with Crippen molar-refractivity contribution in [3.8, 4) is 0 Å². The number of carbonyl (C=O) groups is 2. The number of ether oxygens (including phenoxy) is 1. The van der Waals surface area contributed by atoms with E-state index in [4.69, 9.17) is 10.8 Å². The fourth-order valence-corrected chi connectivity index (χ4v) is 0.682. The van der Waals surface area contributed by atoms with Crippen LogP contribution in [-0.4, -0.2) is 29.2 Å². The number of rotatable bonds is 4. The van der Waals surface area contributed by atoms with E-state index in [2.05, 4.69) is 4.74 Å². The van der Waals surface area contributed by atoms with Gasteiger partial charge in [0.15, 0.2) is 0 Å². The molecule has 0 heterocycles. The summed E-state index contributed by atoms with van der Waals surface area (Å²) in [5.74, 6) is -1.81. The number of carboxylic acids is 1. The Labute approximate surface area is 70.5 Å². The van der Waals surface area contributed by atoms with E-state index in [0.717, 1.165) is 0 Å². The largest absolute Gasteiger partial charge is 0.481 e. The number of hydrogen-bond acceptors (Lipinski definition) is 4. The van der Waals surface area contributed by atoms with Gasteiger partial charge < -0.3 is 15.6 Å². The molecule has 1 unspecified atom stereocenters. The van der Waals surface area contributed by atoms with Crippen molar-refractivity contribution in [3.63, 3.8) is 0 Å². The highest BCUT2D eigenvalue weighted by Crippen LogP contribution is 2.07. The van der Waals surface area contributed by atoms with Crippen molar-refractivity contribution in [1.82, 2.24) is 0 Å². The third kappa shape index (κ3) is 3.34. The second kappa shape index (κ2) is 4.06. The summed E-state index contributed by atoms with van der Waals surface area (Å²) in [6, 6.07) is 0. The number of nitrogens with two attached hydrogens (primary N) is 1. The molecule has 0 fully saturated rings. The maximum atomic E-state index is 11.0. The number of carboxylic acid groups (broad SMARTS) is 1. The van der Waals surface area contributed by atoms with E-state index in [9.17, 15) is 9.59 Å². The van der Waals surface area contributed by atoms with Crippen LogP contribution < -0.4 is 5.73 Å². The molecule has 0 aliphatic carbocycles. The van der Waals surface area contributed by atoms with Gasteiger partial charge in [-0.25, -0.2) is 0 Å². The Morgan fingerprint density at radius 1 is 1.58 bits per heavy atom. The fourth-order valence-electron chi connectivity index (χ4n) is 0.682. The second-order valence-electron chi connectivity index (χ2n) is 2.71. The van der Waals surface area contributed by atoms with Gasteiger partial charge in [-0.3, -0.25) is 9.59 Å². The Hall–Kier alpha value is -1.10. The summed E-state index contributed by atoms with van der Waals surface area (Å²) in [6.45, 7) is 3.17. The predicted molar refractivity (Wildman–Crippen MR) is 41.5 cm³/mol. The van der Waals surface area contributed by atoms with Gasteiger partial charge in [0.2, 0.25) is 0 Å². The van der Waals surface area contributed by atoms with E-state index in [1.165, 1.54) is 6.92 Å². The minimum Gasteiger partial charge on any atom is -0.481 e. The summed E-state index contributed by atoms with van der Waals surface area (Å²) in [7, 11) is 0. The quantitative estimate of drug-likeness (QED) is 0.574. The van der Waals surface area contributed by atoms with Gasteiger partial charge >= 0.3 is 11.9 Å². The van der Waals surface area contributed by atoms with Gasteiger partial charge in [0.05, 0.1) is 13.0 Å². The summed E-state index contributed by atoms with van der Waals surface area (Å²) >= 11 is 0. The Kier molecular flexibility index (Phi) is 3.69. The average molecular weight is 175 g/mol. The summed E-state index contributed by atoms with van der Waals surface area (Å²) in [5.41, 5.74) is 3.96. The molecule has 0 aliphatic heterocycles. The van der Waals surface area contributed by atoms with Crippen LogP contribution in [0.1, 0.15) is 20.3 Å². The molecule has 0 saturated heterocycles. The molecular formula is C7H13NO4. The van der Waals surface area contributed by atoms with Crippen molar-refractivity contribution in [2.45, 2.75) is 25.8 Å². The topological polar surface area (TPSA) is 89.6 Å².